The van der Waals surface area contributed by atoms with Crippen molar-refractivity contribution in [1.82, 2.24) is 4.98 Å². The molecule has 0 aliphatic carbocycles. The number of pyridine rings is 1. The van der Waals surface area contributed by atoms with Crippen molar-refractivity contribution in [2.24, 2.45) is 5.73 Å². The van der Waals surface area contributed by atoms with Gasteiger partial charge in [0.2, 0.25) is 5.91 Å². The van der Waals surface area contributed by atoms with Gasteiger partial charge in [-0.25, -0.2) is 4.98 Å². The third-order valence-corrected chi connectivity index (χ3v) is 7.96. The van der Waals surface area contributed by atoms with Gasteiger partial charge >= 0.3 is 0 Å². The van der Waals surface area contributed by atoms with Gasteiger partial charge in [0, 0.05) is 43.5 Å². The highest BCUT2D eigenvalue weighted by Gasteiger charge is 2.31. The fourth-order valence-corrected chi connectivity index (χ4v) is 6.04. The van der Waals surface area contributed by atoms with E-state index in [4.69, 9.17) is 10.7 Å². The summed E-state index contributed by atoms with van der Waals surface area (Å²) in [5.74, 6) is 0.972. The molecule has 7 nitrogen and oxygen atoms in total. The number of benzene rings is 2. The molecule has 1 unspecified atom stereocenters. The molecule has 3 aromatic rings. The van der Waals surface area contributed by atoms with Gasteiger partial charge in [0.1, 0.15) is 5.82 Å². The molecule has 2 aliphatic heterocycles. The summed E-state index contributed by atoms with van der Waals surface area (Å²) in [6.07, 6.45) is 0.336. The molecule has 1 saturated heterocycles. The number of rotatable bonds is 2. The van der Waals surface area contributed by atoms with E-state index in [2.05, 4.69) is 4.90 Å². The molecule has 0 spiro atoms. The van der Waals surface area contributed by atoms with Crippen LogP contribution in [0.2, 0.25) is 0 Å². The first-order valence-corrected chi connectivity index (χ1v) is 12.1. The fraction of sp³-hybridized carbons (Fsp3) is 0.304. The highest BCUT2D eigenvalue weighted by Crippen LogP contribution is 2.51. The number of aromatic nitrogens is 1. The quantitative estimate of drug-likeness (QED) is 0.563. The standard InChI is InChI=1S/C23H26N4O3S/c1-15-5-4-7-18-19(27-14-17(24)11-22(27)28)12-21(25-23(15)18)26-9-10-31(29,30)20-8-3-2-6-16(20)13-26/h2-8,12,17,29-30H,9-11,13-14,24H2,1H3. The lowest BCUT2D eigenvalue weighted by Crippen LogP contribution is -2.30. The molecular weight excluding hydrogens is 412 g/mol. The first-order valence-electron chi connectivity index (χ1n) is 10.4. The number of amides is 1. The van der Waals surface area contributed by atoms with Gasteiger partial charge in [-0.15, -0.1) is 0 Å². The minimum atomic E-state index is -2.86. The third-order valence-electron chi connectivity index (χ3n) is 6.11. The van der Waals surface area contributed by atoms with Crippen LogP contribution >= 0.6 is 10.6 Å². The highest BCUT2D eigenvalue weighted by atomic mass is 32.3. The van der Waals surface area contributed by atoms with Crippen LogP contribution in [-0.2, 0) is 11.3 Å². The average molecular weight is 439 g/mol. The largest absolute Gasteiger partial charge is 0.351 e. The number of nitrogens with zero attached hydrogens (tertiary/aromatic N) is 3. The van der Waals surface area contributed by atoms with Crippen molar-refractivity contribution < 1.29 is 13.9 Å². The SMILES string of the molecule is Cc1cccc2c(N3CC(N)CC3=O)cc(N3CCS(O)(O)c4ccccc4C3)nc12. The van der Waals surface area contributed by atoms with Gasteiger partial charge < -0.3 is 15.5 Å². The Morgan fingerprint density at radius 2 is 1.97 bits per heavy atom. The molecule has 8 heteroatoms. The van der Waals surface area contributed by atoms with Gasteiger partial charge in [-0.2, -0.15) is 10.6 Å². The summed E-state index contributed by atoms with van der Waals surface area (Å²) in [5.41, 5.74) is 9.63. The lowest BCUT2D eigenvalue weighted by Gasteiger charge is -2.32. The number of hydrogen-bond acceptors (Lipinski definition) is 6. The second-order valence-electron chi connectivity index (χ2n) is 8.34. The minimum absolute atomic E-state index is 0.0165. The van der Waals surface area contributed by atoms with Crippen LogP contribution in [0.1, 0.15) is 17.5 Å². The van der Waals surface area contributed by atoms with Gasteiger partial charge in [0.25, 0.3) is 0 Å². The number of aryl methyl sites for hydroxylation is 1. The van der Waals surface area contributed by atoms with E-state index in [1.807, 2.05) is 49.4 Å². The molecule has 3 heterocycles. The number of nitrogens with two attached hydrogens (primary N) is 1. The fourth-order valence-electron chi connectivity index (χ4n) is 4.50. The van der Waals surface area contributed by atoms with E-state index in [0.29, 0.717) is 31.0 Å². The third kappa shape index (κ3) is 3.55. The molecule has 4 N–H and O–H groups in total. The van der Waals surface area contributed by atoms with Crippen LogP contribution in [-0.4, -0.2) is 44.9 Å². The first kappa shape index (κ1) is 20.3. The summed E-state index contributed by atoms with van der Waals surface area (Å²) in [4.78, 5) is 22.0. The topological polar surface area (TPSA) is 103 Å². The van der Waals surface area contributed by atoms with E-state index in [0.717, 1.165) is 33.5 Å². The summed E-state index contributed by atoms with van der Waals surface area (Å²) >= 11 is 0. The Kier molecular flexibility index (Phi) is 4.90. The second kappa shape index (κ2) is 7.49. The van der Waals surface area contributed by atoms with Gasteiger partial charge in [0.05, 0.1) is 21.9 Å². The minimum Gasteiger partial charge on any atom is -0.351 e. The van der Waals surface area contributed by atoms with E-state index in [-0.39, 0.29) is 17.7 Å². The Hall–Kier alpha value is -2.65. The summed E-state index contributed by atoms with van der Waals surface area (Å²) in [7, 11) is -2.86. The van der Waals surface area contributed by atoms with E-state index >= 15 is 0 Å². The molecule has 1 fully saturated rings. The normalized spacial score (nSPS) is 21.8. The van der Waals surface area contributed by atoms with Crippen LogP contribution < -0.4 is 15.5 Å². The molecule has 0 radical (unpaired) electrons. The zero-order valence-corrected chi connectivity index (χ0v) is 18.2. The summed E-state index contributed by atoms with van der Waals surface area (Å²) in [6, 6.07) is 15.2. The van der Waals surface area contributed by atoms with E-state index in [1.54, 1.807) is 11.0 Å². The van der Waals surface area contributed by atoms with Crippen molar-refractivity contribution in [1.29, 1.82) is 0 Å². The Labute approximate surface area is 182 Å². The first-order chi connectivity index (χ1) is 14.8. The van der Waals surface area contributed by atoms with Crippen molar-refractivity contribution in [3.63, 3.8) is 0 Å². The van der Waals surface area contributed by atoms with Crippen LogP contribution in [0.4, 0.5) is 11.5 Å². The Bertz CT molecular complexity index is 1180. The number of hydrogen-bond donors (Lipinski definition) is 3. The summed E-state index contributed by atoms with van der Waals surface area (Å²) < 4.78 is 21.4. The number of fused-ring (bicyclic) bond motifs is 2. The molecule has 2 aliphatic rings. The van der Waals surface area contributed by atoms with Gasteiger partial charge in [0.15, 0.2) is 0 Å². The van der Waals surface area contributed by atoms with Crippen LogP contribution in [0.5, 0.6) is 0 Å². The molecule has 2 aromatic carbocycles. The Morgan fingerprint density at radius 3 is 2.74 bits per heavy atom. The van der Waals surface area contributed by atoms with Crippen LogP contribution in [0, 0.1) is 6.92 Å². The maximum atomic E-state index is 12.7. The molecule has 1 amide bonds. The molecular formula is C23H26N4O3S. The van der Waals surface area contributed by atoms with E-state index in [1.165, 1.54) is 0 Å². The van der Waals surface area contributed by atoms with Crippen LogP contribution in [0.15, 0.2) is 53.4 Å². The number of carbonyl (C=O) groups excluding carboxylic acids is 1. The number of anilines is 2. The zero-order chi connectivity index (χ0) is 21.8. The Morgan fingerprint density at radius 1 is 1.16 bits per heavy atom. The summed E-state index contributed by atoms with van der Waals surface area (Å²) in [5, 5.41) is 0.922. The smallest absolute Gasteiger partial charge is 0.228 e. The zero-order valence-electron chi connectivity index (χ0n) is 17.4. The predicted molar refractivity (Wildman–Crippen MR) is 125 cm³/mol. The van der Waals surface area contributed by atoms with Gasteiger partial charge in [-0.05, 0) is 24.1 Å². The Balaban J connectivity index is 1.64. The molecule has 1 atom stereocenters. The molecule has 31 heavy (non-hydrogen) atoms. The molecule has 5 rings (SSSR count). The van der Waals surface area contributed by atoms with Crippen molar-refractivity contribution >= 4 is 38.9 Å². The number of para-hydroxylation sites is 1. The second-order valence-corrected chi connectivity index (χ2v) is 10.5. The van der Waals surface area contributed by atoms with Crippen molar-refractivity contribution in [3.8, 4) is 0 Å². The lowest BCUT2D eigenvalue weighted by molar-refractivity contribution is -0.117. The highest BCUT2D eigenvalue weighted by molar-refractivity contribution is 8.24. The molecule has 1 aromatic heterocycles. The summed E-state index contributed by atoms with van der Waals surface area (Å²) in [6.45, 7) is 3.46. The van der Waals surface area contributed by atoms with E-state index < -0.39 is 10.6 Å². The average Bonchev–Trinajstić information content (AvgIpc) is 3.01. The van der Waals surface area contributed by atoms with Crippen molar-refractivity contribution in [3.05, 3.63) is 59.7 Å². The van der Waals surface area contributed by atoms with E-state index in [9.17, 15) is 13.9 Å². The maximum Gasteiger partial charge on any atom is 0.228 e. The van der Waals surface area contributed by atoms with Gasteiger partial charge in [-0.3, -0.25) is 13.9 Å². The van der Waals surface area contributed by atoms with Crippen LogP contribution in [0.25, 0.3) is 10.9 Å². The van der Waals surface area contributed by atoms with Gasteiger partial charge in [-0.1, -0.05) is 36.4 Å². The monoisotopic (exact) mass is 438 g/mol. The van der Waals surface area contributed by atoms with Crippen molar-refractivity contribution in [2.45, 2.75) is 30.8 Å². The number of carbonyl (C=O) groups is 1. The van der Waals surface area contributed by atoms with Crippen molar-refractivity contribution in [2.75, 3.05) is 28.6 Å². The molecule has 0 bridgehead atoms. The van der Waals surface area contributed by atoms with Crippen LogP contribution in [0.3, 0.4) is 0 Å². The molecule has 162 valence electrons. The lowest BCUT2D eigenvalue weighted by atomic mass is 10.1. The molecule has 0 saturated carbocycles. The predicted octanol–water partition coefficient (Wildman–Crippen LogP) is 3.74. The maximum absolute atomic E-state index is 12.7.